The number of benzene rings is 1. The summed E-state index contributed by atoms with van der Waals surface area (Å²) in [5.74, 6) is 0.0401. The van der Waals surface area contributed by atoms with Gasteiger partial charge in [0, 0.05) is 17.8 Å². The van der Waals surface area contributed by atoms with E-state index in [2.05, 4.69) is 32.5 Å². The normalized spacial score (nSPS) is 18.5. The molecule has 8 heteroatoms. The third-order valence-electron chi connectivity index (χ3n) is 4.88. The van der Waals surface area contributed by atoms with Gasteiger partial charge in [-0.1, -0.05) is 24.3 Å². The molecule has 5 N–H and O–H groups in total. The molecule has 2 atom stereocenters. The van der Waals surface area contributed by atoms with Crippen molar-refractivity contribution >= 4 is 29.1 Å². The van der Waals surface area contributed by atoms with Crippen LogP contribution in [-0.4, -0.2) is 33.9 Å². The van der Waals surface area contributed by atoms with Gasteiger partial charge in [0.2, 0.25) is 5.91 Å². The Morgan fingerprint density at radius 1 is 1.21 bits per heavy atom. The molecular weight excluding hydrogens is 368 g/mol. The molecule has 1 unspecified atom stereocenters. The number of amides is 2. The lowest BCUT2D eigenvalue weighted by Gasteiger charge is -2.30. The van der Waals surface area contributed by atoms with Crippen molar-refractivity contribution in [1.82, 2.24) is 15.3 Å². The van der Waals surface area contributed by atoms with Crippen molar-refractivity contribution in [2.75, 3.05) is 10.6 Å². The molecule has 3 rings (SSSR count). The molecule has 1 aliphatic rings. The Balaban J connectivity index is 1.74. The predicted octanol–water partition coefficient (Wildman–Crippen LogP) is 2.65. The highest BCUT2D eigenvalue weighted by Gasteiger charge is 2.23. The zero-order chi connectivity index (χ0) is 20.8. The highest BCUT2D eigenvalue weighted by Crippen LogP contribution is 2.24. The standard InChI is InChI=1S/C21H26N6O2/c1-3-18(28)25-16-6-4-5-15(11-16)24-17-12-23-19(20(22)29)21(27-17)26-14-9-7-13(2)8-10-14/h3,7-10,12,15-16H,1,4-6,11H2,2H3,(H2,22,29)(H,25,28)(H2,24,26,27)/t15-,16?/m1/s1. The van der Waals surface area contributed by atoms with Crippen LogP contribution in [-0.2, 0) is 4.79 Å². The molecule has 2 aromatic rings. The predicted molar refractivity (Wildman–Crippen MR) is 113 cm³/mol. The third-order valence-corrected chi connectivity index (χ3v) is 4.88. The molecule has 152 valence electrons. The molecule has 1 aromatic heterocycles. The fourth-order valence-corrected chi connectivity index (χ4v) is 3.42. The zero-order valence-electron chi connectivity index (χ0n) is 16.4. The van der Waals surface area contributed by atoms with Crippen LogP contribution < -0.4 is 21.7 Å². The van der Waals surface area contributed by atoms with E-state index in [1.807, 2.05) is 31.2 Å². The first kappa shape index (κ1) is 20.3. The Hall–Kier alpha value is -3.42. The molecule has 1 heterocycles. The van der Waals surface area contributed by atoms with Crippen molar-refractivity contribution in [3.63, 3.8) is 0 Å². The van der Waals surface area contributed by atoms with Crippen LogP contribution in [0.15, 0.2) is 43.1 Å². The van der Waals surface area contributed by atoms with E-state index in [4.69, 9.17) is 5.73 Å². The molecule has 0 saturated heterocycles. The first-order valence-corrected chi connectivity index (χ1v) is 9.64. The number of hydrogen-bond donors (Lipinski definition) is 4. The summed E-state index contributed by atoms with van der Waals surface area (Å²) in [6.07, 6.45) is 6.45. The van der Waals surface area contributed by atoms with Crippen LogP contribution in [0.4, 0.5) is 17.3 Å². The monoisotopic (exact) mass is 394 g/mol. The maximum atomic E-state index is 11.8. The van der Waals surface area contributed by atoms with Gasteiger partial charge in [-0.2, -0.15) is 0 Å². The first-order valence-electron chi connectivity index (χ1n) is 9.64. The van der Waals surface area contributed by atoms with Crippen LogP contribution >= 0.6 is 0 Å². The van der Waals surface area contributed by atoms with Crippen LogP contribution in [0.3, 0.4) is 0 Å². The van der Waals surface area contributed by atoms with Gasteiger partial charge in [-0.25, -0.2) is 9.97 Å². The third kappa shape index (κ3) is 5.54. The molecule has 1 aliphatic carbocycles. The van der Waals surface area contributed by atoms with Gasteiger partial charge in [0.25, 0.3) is 5.91 Å². The Morgan fingerprint density at radius 3 is 2.62 bits per heavy atom. The summed E-state index contributed by atoms with van der Waals surface area (Å²) in [4.78, 5) is 32.0. The fourth-order valence-electron chi connectivity index (χ4n) is 3.42. The maximum absolute atomic E-state index is 11.8. The summed E-state index contributed by atoms with van der Waals surface area (Å²) in [6, 6.07) is 7.95. The van der Waals surface area contributed by atoms with Gasteiger partial charge >= 0.3 is 0 Å². The molecule has 0 radical (unpaired) electrons. The highest BCUT2D eigenvalue weighted by molar-refractivity contribution is 5.96. The van der Waals surface area contributed by atoms with E-state index in [0.717, 1.165) is 36.9 Å². The topological polar surface area (TPSA) is 122 Å². The first-order chi connectivity index (χ1) is 13.9. The van der Waals surface area contributed by atoms with E-state index in [-0.39, 0.29) is 23.7 Å². The minimum Gasteiger partial charge on any atom is -0.366 e. The van der Waals surface area contributed by atoms with Crippen molar-refractivity contribution in [2.45, 2.75) is 44.7 Å². The highest BCUT2D eigenvalue weighted by atomic mass is 16.2. The summed E-state index contributed by atoms with van der Waals surface area (Å²) in [5.41, 5.74) is 7.45. The number of primary amides is 1. The minimum atomic E-state index is -0.650. The number of nitrogens with zero attached hydrogens (tertiary/aromatic N) is 2. The van der Waals surface area contributed by atoms with Crippen LogP contribution in [0, 0.1) is 6.92 Å². The lowest BCUT2D eigenvalue weighted by Crippen LogP contribution is -2.41. The lowest BCUT2D eigenvalue weighted by molar-refractivity contribution is -0.117. The Labute approximate surface area is 170 Å². The van der Waals surface area contributed by atoms with E-state index in [9.17, 15) is 9.59 Å². The number of anilines is 3. The van der Waals surface area contributed by atoms with Crippen molar-refractivity contribution < 1.29 is 9.59 Å². The molecule has 0 bridgehead atoms. The van der Waals surface area contributed by atoms with Crippen LogP contribution in [0.1, 0.15) is 41.7 Å². The molecule has 1 saturated carbocycles. The van der Waals surface area contributed by atoms with Crippen molar-refractivity contribution in [3.05, 3.63) is 54.4 Å². The van der Waals surface area contributed by atoms with Crippen molar-refractivity contribution in [1.29, 1.82) is 0 Å². The summed E-state index contributed by atoms with van der Waals surface area (Å²) in [6.45, 7) is 5.49. The minimum absolute atomic E-state index is 0.0795. The second-order valence-corrected chi connectivity index (χ2v) is 7.23. The number of carbonyl (C=O) groups excluding carboxylic acids is 2. The van der Waals surface area contributed by atoms with E-state index >= 15 is 0 Å². The van der Waals surface area contributed by atoms with Crippen molar-refractivity contribution in [3.8, 4) is 0 Å². The van der Waals surface area contributed by atoms with Gasteiger partial charge in [0.15, 0.2) is 11.5 Å². The maximum Gasteiger partial charge on any atom is 0.271 e. The average Bonchev–Trinajstić information content (AvgIpc) is 2.70. The second-order valence-electron chi connectivity index (χ2n) is 7.23. The summed E-state index contributed by atoms with van der Waals surface area (Å²) < 4.78 is 0. The van der Waals surface area contributed by atoms with E-state index in [1.54, 1.807) is 0 Å². The largest absolute Gasteiger partial charge is 0.366 e. The number of hydrogen-bond acceptors (Lipinski definition) is 6. The zero-order valence-corrected chi connectivity index (χ0v) is 16.4. The van der Waals surface area contributed by atoms with Gasteiger partial charge in [0.05, 0.1) is 6.20 Å². The van der Waals surface area contributed by atoms with Crippen molar-refractivity contribution in [2.24, 2.45) is 5.73 Å². The quantitative estimate of drug-likeness (QED) is 0.536. The number of carbonyl (C=O) groups is 2. The number of aromatic nitrogens is 2. The molecule has 0 aliphatic heterocycles. The van der Waals surface area contributed by atoms with Crippen LogP contribution in [0.25, 0.3) is 0 Å². The summed E-state index contributed by atoms with van der Waals surface area (Å²) in [5, 5.41) is 9.43. The Kier molecular flexibility index (Phi) is 6.43. The average molecular weight is 394 g/mol. The van der Waals surface area contributed by atoms with Crippen LogP contribution in [0.2, 0.25) is 0 Å². The number of rotatable bonds is 7. The molecule has 1 fully saturated rings. The number of aryl methyl sites for hydroxylation is 1. The van der Waals surface area contributed by atoms with E-state index < -0.39 is 5.91 Å². The number of nitrogens with one attached hydrogen (secondary N) is 3. The van der Waals surface area contributed by atoms with E-state index in [1.165, 1.54) is 12.3 Å². The van der Waals surface area contributed by atoms with Gasteiger partial charge in [-0.15, -0.1) is 0 Å². The van der Waals surface area contributed by atoms with Gasteiger partial charge in [0.1, 0.15) is 5.82 Å². The van der Waals surface area contributed by atoms with Crippen LogP contribution in [0.5, 0.6) is 0 Å². The Morgan fingerprint density at radius 2 is 1.93 bits per heavy atom. The second kappa shape index (κ2) is 9.18. The lowest BCUT2D eigenvalue weighted by atomic mass is 9.91. The molecule has 29 heavy (non-hydrogen) atoms. The van der Waals surface area contributed by atoms with E-state index in [0.29, 0.717) is 11.6 Å². The summed E-state index contributed by atoms with van der Waals surface area (Å²) in [7, 11) is 0. The van der Waals surface area contributed by atoms with Gasteiger partial charge in [-0.05, 0) is 50.8 Å². The molecule has 1 aromatic carbocycles. The van der Waals surface area contributed by atoms with Gasteiger partial charge in [-0.3, -0.25) is 9.59 Å². The number of nitrogens with two attached hydrogens (primary N) is 1. The SMILES string of the molecule is C=CC(=O)NC1CCC[C@@H](Nc2cnc(C(N)=O)c(Nc3ccc(C)cc3)n2)C1. The molecule has 8 nitrogen and oxygen atoms in total. The molecule has 0 spiro atoms. The summed E-state index contributed by atoms with van der Waals surface area (Å²) >= 11 is 0. The fraction of sp³-hybridized carbons (Fsp3) is 0.333. The Bertz CT molecular complexity index is 897. The molecular formula is C21H26N6O2. The van der Waals surface area contributed by atoms with Gasteiger partial charge < -0.3 is 21.7 Å². The smallest absolute Gasteiger partial charge is 0.271 e. The molecule has 2 amide bonds.